The number of carbonyl (C=O) groups is 2. The highest BCUT2D eigenvalue weighted by atomic mass is 35.5. The minimum Gasteiger partial charge on any atom is -0.481 e. The molecule has 2 heterocycles. The second-order valence-corrected chi connectivity index (χ2v) is 10.3. The second kappa shape index (κ2) is 11.3. The molecule has 1 unspecified atom stereocenters. The summed E-state index contributed by atoms with van der Waals surface area (Å²) in [4.78, 5) is 29.5. The van der Waals surface area contributed by atoms with Crippen LogP contribution in [0.15, 0.2) is 64.4 Å². The van der Waals surface area contributed by atoms with E-state index >= 15 is 0 Å². The first kappa shape index (κ1) is 24.7. The average molecular weight is 517 g/mol. The Bertz CT molecular complexity index is 1140. The quantitative estimate of drug-likeness (QED) is 0.363. The second-order valence-electron chi connectivity index (χ2n) is 8.38. The Labute approximate surface area is 214 Å². The number of piperidine rings is 1. The van der Waals surface area contributed by atoms with Crippen LogP contribution in [0.1, 0.15) is 24.8 Å². The predicted octanol–water partition coefficient (Wildman–Crippen LogP) is 6.25. The molecule has 0 aliphatic carbocycles. The summed E-state index contributed by atoms with van der Waals surface area (Å²) in [5.74, 6) is -1.12. The van der Waals surface area contributed by atoms with E-state index in [0.717, 1.165) is 47.8 Å². The van der Waals surface area contributed by atoms with Gasteiger partial charge in [-0.15, -0.1) is 0 Å². The number of carboxylic acid groups (broad SMARTS) is 1. The number of hydrogen-bond acceptors (Lipinski definition) is 4. The minimum atomic E-state index is -0.736. The van der Waals surface area contributed by atoms with E-state index in [1.807, 2.05) is 36.4 Å². The first-order valence-electron chi connectivity index (χ1n) is 11.3. The van der Waals surface area contributed by atoms with Gasteiger partial charge in [-0.05, 0) is 55.2 Å². The molecule has 0 saturated carbocycles. The van der Waals surface area contributed by atoms with E-state index in [2.05, 4.69) is 17.0 Å². The fourth-order valence-electron chi connectivity index (χ4n) is 4.15. The number of benzene rings is 2. The van der Waals surface area contributed by atoms with Crippen molar-refractivity contribution in [2.45, 2.75) is 29.1 Å². The van der Waals surface area contributed by atoms with Crippen LogP contribution in [0.25, 0.3) is 6.08 Å². The first-order valence-corrected chi connectivity index (χ1v) is 12.9. The van der Waals surface area contributed by atoms with E-state index < -0.39 is 5.97 Å². The molecule has 0 bridgehead atoms. The maximum Gasteiger partial charge on any atom is 0.308 e. The van der Waals surface area contributed by atoms with Crippen molar-refractivity contribution in [1.82, 2.24) is 4.90 Å². The summed E-state index contributed by atoms with van der Waals surface area (Å²) in [5.41, 5.74) is 1.70. The summed E-state index contributed by atoms with van der Waals surface area (Å²) in [6.07, 6.45) is 9.77. The Hall–Kier alpha value is -2.41. The number of carbonyl (C=O) groups excluding carboxylic acids is 1. The van der Waals surface area contributed by atoms with Gasteiger partial charge in [0, 0.05) is 47.7 Å². The molecule has 34 heavy (non-hydrogen) atoms. The lowest BCUT2D eigenvalue weighted by Crippen LogP contribution is -2.38. The van der Waals surface area contributed by atoms with E-state index in [1.54, 1.807) is 11.0 Å². The maximum atomic E-state index is 12.4. The van der Waals surface area contributed by atoms with Crippen LogP contribution in [0.2, 0.25) is 10.0 Å². The summed E-state index contributed by atoms with van der Waals surface area (Å²) in [6.45, 7) is 2.71. The maximum absolute atomic E-state index is 12.4. The molecule has 0 radical (unpaired) electrons. The molecular weight excluding hydrogens is 491 g/mol. The van der Waals surface area contributed by atoms with E-state index in [4.69, 9.17) is 23.2 Å². The molecule has 0 aromatic heterocycles. The Morgan fingerprint density at radius 3 is 2.71 bits per heavy atom. The fourth-order valence-corrected chi connectivity index (χ4v) is 5.63. The standard InChI is InChI=1S/C26H26Cl2N2O3S/c27-24-18(10-12-23(31)29-13-2-1-3-14-29)9-11-22(25(24)28)34-21-8-4-7-20(16-21)30-15-5-6-19(17-30)26(32)33/h1-2,4,7-12,16,19H,3,5-6,13-15,17H2,(H,32,33)/b12-10+. The molecule has 0 spiro atoms. The Balaban J connectivity index is 1.46. The number of aliphatic carboxylic acids is 1. The lowest BCUT2D eigenvalue weighted by Gasteiger charge is -2.32. The molecular formula is C26H26Cl2N2O3S. The predicted molar refractivity (Wildman–Crippen MR) is 139 cm³/mol. The molecule has 178 valence electrons. The van der Waals surface area contributed by atoms with Gasteiger partial charge >= 0.3 is 5.97 Å². The average Bonchev–Trinajstić information content (AvgIpc) is 2.87. The van der Waals surface area contributed by atoms with Gasteiger partial charge in [0.1, 0.15) is 0 Å². The minimum absolute atomic E-state index is 0.0466. The summed E-state index contributed by atoms with van der Waals surface area (Å²) >= 11 is 14.6. The molecule has 8 heteroatoms. The fraction of sp³-hybridized carbons (Fsp3) is 0.308. The Morgan fingerprint density at radius 2 is 1.94 bits per heavy atom. The van der Waals surface area contributed by atoms with Crippen molar-refractivity contribution in [2.75, 3.05) is 31.1 Å². The lowest BCUT2D eigenvalue weighted by molar-refractivity contribution is -0.142. The zero-order chi connectivity index (χ0) is 24.1. The molecule has 1 atom stereocenters. The molecule has 4 rings (SSSR count). The third kappa shape index (κ3) is 5.98. The van der Waals surface area contributed by atoms with Crippen molar-refractivity contribution in [2.24, 2.45) is 5.92 Å². The van der Waals surface area contributed by atoms with Crippen molar-refractivity contribution < 1.29 is 14.7 Å². The van der Waals surface area contributed by atoms with Crippen LogP contribution in [-0.2, 0) is 9.59 Å². The molecule has 5 nitrogen and oxygen atoms in total. The van der Waals surface area contributed by atoms with Gasteiger partial charge in [-0.1, -0.05) is 59.2 Å². The van der Waals surface area contributed by atoms with Gasteiger partial charge in [-0.2, -0.15) is 0 Å². The van der Waals surface area contributed by atoms with E-state index in [9.17, 15) is 14.7 Å². The first-order chi connectivity index (χ1) is 16.4. The number of hydrogen-bond donors (Lipinski definition) is 1. The lowest BCUT2D eigenvalue weighted by atomic mass is 9.98. The zero-order valence-corrected chi connectivity index (χ0v) is 21.0. The van der Waals surface area contributed by atoms with Crippen molar-refractivity contribution >= 4 is 58.6 Å². The van der Waals surface area contributed by atoms with Crippen molar-refractivity contribution in [3.63, 3.8) is 0 Å². The van der Waals surface area contributed by atoms with E-state index in [1.165, 1.54) is 17.8 Å². The van der Waals surface area contributed by atoms with Crippen LogP contribution in [0.4, 0.5) is 5.69 Å². The smallest absolute Gasteiger partial charge is 0.308 e. The van der Waals surface area contributed by atoms with E-state index in [0.29, 0.717) is 28.7 Å². The number of amides is 1. The zero-order valence-electron chi connectivity index (χ0n) is 18.6. The van der Waals surface area contributed by atoms with Crippen LogP contribution >= 0.6 is 35.0 Å². The molecule has 2 aliphatic rings. The summed E-state index contributed by atoms with van der Waals surface area (Å²) in [6, 6.07) is 11.8. The summed E-state index contributed by atoms with van der Waals surface area (Å²) < 4.78 is 0. The monoisotopic (exact) mass is 516 g/mol. The molecule has 1 amide bonds. The molecule has 2 aromatic carbocycles. The van der Waals surface area contributed by atoms with Gasteiger partial charge in [0.2, 0.25) is 5.91 Å². The Kier molecular flexibility index (Phi) is 8.24. The number of anilines is 1. The summed E-state index contributed by atoms with van der Waals surface area (Å²) in [5, 5.41) is 10.2. The molecule has 1 fully saturated rings. The van der Waals surface area contributed by atoms with Gasteiger partial charge in [-0.3, -0.25) is 9.59 Å². The Morgan fingerprint density at radius 1 is 1.09 bits per heavy atom. The van der Waals surface area contributed by atoms with Crippen LogP contribution < -0.4 is 4.90 Å². The van der Waals surface area contributed by atoms with Crippen LogP contribution in [0, 0.1) is 5.92 Å². The molecule has 2 aromatic rings. The third-order valence-electron chi connectivity index (χ3n) is 6.03. The highest BCUT2D eigenvalue weighted by Crippen LogP contribution is 2.40. The van der Waals surface area contributed by atoms with Crippen LogP contribution in [-0.4, -0.2) is 48.1 Å². The molecule has 1 saturated heterocycles. The van der Waals surface area contributed by atoms with Gasteiger partial charge in [0.25, 0.3) is 0 Å². The van der Waals surface area contributed by atoms with Gasteiger partial charge in [0.15, 0.2) is 0 Å². The largest absolute Gasteiger partial charge is 0.481 e. The topological polar surface area (TPSA) is 60.9 Å². The molecule has 1 N–H and O–H groups in total. The van der Waals surface area contributed by atoms with Crippen molar-refractivity contribution in [1.29, 1.82) is 0 Å². The highest BCUT2D eigenvalue weighted by molar-refractivity contribution is 7.99. The highest BCUT2D eigenvalue weighted by Gasteiger charge is 2.25. The van der Waals surface area contributed by atoms with Crippen LogP contribution in [0.3, 0.4) is 0 Å². The van der Waals surface area contributed by atoms with Gasteiger partial charge < -0.3 is 14.9 Å². The van der Waals surface area contributed by atoms with Crippen molar-refractivity contribution in [3.05, 3.63) is 70.2 Å². The third-order valence-corrected chi connectivity index (χ3v) is 8.09. The SMILES string of the molecule is O=C(O)C1CCCN(c2cccc(Sc3ccc(/C=C/C(=O)N4CC=CCC4)c(Cl)c3Cl)c2)C1. The van der Waals surface area contributed by atoms with Crippen molar-refractivity contribution in [3.8, 4) is 0 Å². The number of nitrogens with zero attached hydrogens (tertiary/aromatic N) is 2. The number of carboxylic acids is 1. The normalized spacial score (nSPS) is 18.5. The van der Waals surface area contributed by atoms with Crippen LogP contribution in [0.5, 0.6) is 0 Å². The summed E-state index contributed by atoms with van der Waals surface area (Å²) in [7, 11) is 0. The number of rotatable bonds is 6. The van der Waals surface area contributed by atoms with Gasteiger partial charge in [0.05, 0.1) is 16.0 Å². The van der Waals surface area contributed by atoms with E-state index in [-0.39, 0.29) is 11.8 Å². The number of halogens is 2. The van der Waals surface area contributed by atoms with Gasteiger partial charge in [-0.25, -0.2) is 0 Å². The molecule has 2 aliphatic heterocycles.